The van der Waals surface area contributed by atoms with Crippen LogP contribution < -0.4 is 11.3 Å². The van der Waals surface area contributed by atoms with Crippen LogP contribution in [0.15, 0.2) is 0 Å². The third kappa shape index (κ3) is 3.15. The zero-order valence-electron chi connectivity index (χ0n) is 9.86. The van der Waals surface area contributed by atoms with Crippen LogP contribution in [0.4, 0.5) is 0 Å². The molecule has 1 aliphatic rings. The summed E-state index contributed by atoms with van der Waals surface area (Å²) in [4.78, 5) is 16.1. The van der Waals surface area contributed by atoms with Crippen LogP contribution in [0.3, 0.4) is 0 Å². The van der Waals surface area contributed by atoms with Crippen LogP contribution in [0.25, 0.3) is 0 Å². The molecule has 88 valence electrons. The molecule has 0 unspecified atom stereocenters. The van der Waals surface area contributed by atoms with Crippen LogP contribution in [-0.2, 0) is 4.79 Å². The molecule has 1 rings (SSSR count). The summed E-state index contributed by atoms with van der Waals surface area (Å²) in [6, 6.07) is -0.0938. The molecule has 1 atom stereocenters. The summed E-state index contributed by atoms with van der Waals surface area (Å²) in [6.45, 7) is 8.01. The maximum atomic E-state index is 11.6. The lowest BCUT2D eigenvalue weighted by molar-refractivity contribution is -0.128. The second-order valence-electron chi connectivity index (χ2n) is 4.54. The summed E-state index contributed by atoms with van der Waals surface area (Å²) in [5.74, 6) is 5.42. The molecule has 0 aromatic rings. The van der Waals surface area contributed by atoms with Crippen molar-refractivity contribution in [1.82, 2.24) is 15.2 Å². The first-order valence-corrected chi connectivity index (χ1v) is 5.49. The molecular formula is C10H22N4O. The molecule has 0 aliphatic carbocycles. The van der Waals surface area contributed by atoms with Gasteiger partial charge in [-0.1, -0.05) is 13.8 Å². The third-order valence-corrected chi connectivity index (χ3v) is 2.97. The number of likely N-dealkylation sites (N-methyl/N-ethyl adjacent to an activating group) is 1. The second kappa shape index (κ2) is 5.44. The Bertz CT molecular complexity index is 211. The Morgan fingerprint density at radius 1 is 1.27 bits per heavy atom. The molecule has 1 saturated heterocycles. The van der Waals surface area contributed by atoms with Crippen LogP contribution in [0.1, 0.15) is 13.8 Å². The van der Waals surface area contributed by atoms with Crippen molar-refractivity contribution in [2.45, 2.75) is 19.9 Å². The second-order valence-corrected chi connectivity index (χ2v) is 4.54. The fourth-order valence-electron chi connectivity index (χ4n) is 2.08. The molecule has 0 aromatic heterocycles. The summed E-state index contributed by atoms with van der Waals surface area (Å²) in [5, 5.41) is 0. The fourth-order valence-corrected chi connectivity index (χ4v) is 2.08. The number of carbonyl (C=O) groups is 1. The van der Waals surface area contributed by atoms with Crippen LogP contribution in [0.2, 0.25) is 0 Å². The highest BCUT2D eigenvalue weighted by Gasteiger charge is 2.30. The normalized spacial score (nSPS) is 21.7. The number of nitrogens with two attached hydrogens (primary N) is 1. The average molecular weight is 214 g/mol. The summed E-state index contributed by atoms with van der Waals surface area (Å²) in [6.07, 6.45) is 0. The largest absolute Gasteiger partial charge is 0.304 e. The molecule has 5 nitrogen and oxygen atoms in total. The standard InChI is InChI=1S/C10H22N4O/c1-8(2)9(10(15)12-11)14-6-4-13(3)5-7-14/h8-9H,4-7,11H2,1-3H3,(H,12,15)/t9-/m0/s1. The van der Waals surface area contributed by atoms with E-state index in [-0.39, 0.29) is 17.9 Å². The monoisotopic (exact) mass is 214 g/mol. The summed E-state index contributed by atoms with van der Waals surface area (Å²) in [7, 11) is 2.10. The van der Waals surface area contributed by atoms with Crippen molar-refractivity contribution in [2.75, 3.05) is 33.2 Å². The topological polar surface area (TPSA) is 61.6 Å². The van der Waals surface area contributed by atoms with Crippen molar-refractivity contribution in [2.24, 2.45) is 11.8 Å². The molecule has 3 N–H and O–H groups in total. The third-order valence-electron chi connectivity index (χ3n) is 2.97. The van der Waals surface area contributed by atoms with Gasteiger partial charge >= 0.3 is 0 Å². The molecule has 0 saturated carbocycles. The van der Waals surface area contributed by atoms with Gasteiger partial charge in [0.05, 0.1) is 6.04 Å². The average Bonchev–Trinajstić information content (AvgIpc) is 2.20. The number of amides is 1. The Balaban J connectivity index is 2.60. The molecule has 5 heteroatoms. The number of piperazine rings is 1. The van der Waals surface area contributed by atoms with E-state index in [0.717, 1.165) is 26.2 Å². The van der Waals surface area contributed by atoms with Crippen LogP contribution in [0, 0.1) is 5.92 Å². The number of nitrogens with zero attached hydrogens (tertiary/aromatic N) is 2. The summed E-state index contributed by atoms with van der Waals surface area (Å²) in [5.41, 5.74) is 2.26. The quantitative estimate of drug-likeness (QED) is 0.369. The van der Waals surface area contributed by atoms with Crippen molar-refractivity contribution in [3.63, 3.8) is 0 Å². The molecule has 15 heavy (non-hydrogen) atoms. The van der Waals surface area contributed by atoms with E-state index in [4.69, 9.17) is 5.84 Å². The minimum Gasteiger partial charge on any atom is -0.304 e. The minimum absolute atomic E-state index is 0.0745. The number of nitrogens with one attached hydrogen (secondary N) is 1. The fraction of sp³-hybridized carbons (Fsp3) is 0.900. The Morgan fingerprint density at radius 2 is 1.80 bits per heavy atom. The molecule has 1 fully saturated rings. The highest BCUT2D eigenvalue weighted by atomic mass is 16.2. The van der Waals surface area contributed by atoms with E-state index in [1.807, 2.05) is 0 Å². The Labute approximate surface area is 91.6 Å². The number of carbonyl (C=O) groups excluding carboxylic acids is 1. The van der Waals surface area contributed by atoms with Crippen molar-refractivity contribution in [1.29, 1.82) is 0 Å². The van der Waals surface area contributed by atoms with Gasteiger partial charge in [0.15, 0.2) is 0 Å². The van der Waals surface area contributed by atoms with Crippen molar-refractivity contribution in [3.05, 3.63) is 0 Å². The van der Waals surface area contributed by atoms with Crippen molar-refractivity contribution >= 4 is 5.91 Å². The predicted octanol–water partition coefficient (Wildman–Crippen LogP) is -0.752. The van der Waals surface area contributed by atoms with Gasteiger partial charge in [-0.3, -0.25) is 15.1 Å². The molecule has 1 aliphatic heterocycles. The molecule has 0 spiro atoms. The van der Waals surface area contributed by atoms with Gasteiger partial charge in [-0.15, -0.1) is 0 Å². The van der Waals surface area contributed by atoms with Crippen molar-refractivity contribution < 1.29 is 4.79 Å². The van der Waals surface area contributed by atoms with Crippen molar-refractivity contribution in [3.8, 4) is 0 Å². The van der Waals surface area contributed by atoms with Gasteiger partial charge in [0.2, 0.25) is 0 Å². The first-order chi connectivity index (χ1) is 7.06. The number of hydrazine groups is 1. The van der Waals surface area contributed by atoms with Gasteiger partial charge in [-0.25, -0.2) is 5.84 Å². The van der Waals surface area contributed by atoms with E-state index >= 15 is 0 Å². The molecule has 0 bridgehead atoms. The van der Waals surface area contributed by atoms with Gasteiger partial charge in [-0.2, -0.15) is 0 Å². The lowest BCUT2D eigenvalue weighted by Crippen LogP contribution is -2.57. The Morgan fingerprint density at radius 3 is 2.20 bits per heavy atom. The van der Waals surface area contributed by atoms with Gasteiger partial charge in [0.25, 0.3) is 5.91 Å². The van der Waals surface area contributed by atoms with Gasteiger partial charge in [-0.05, 0) is 13.0 Å². The zero-order chi connectivity index (χ0) is 11.4. The highest BCUT2D eigenvalue weighted by Crippen LogP contribution is 2.13. The van der Waals surface area contributed by atoms with E-state index < -0.39 is 0 Å². The predicted molar refractivity (Wildman–Crippen MR) is 60.0 cm³/mol. The maximum absolute atomic E-state index is 11.6. The lowest BCUT2D eigenvalue weighted by atomic mass is 10.0. The van der Waals surface area contributed by atoms with Crippen LogP contribution in [0.5, 0.6) is 0 Å². The Kier molecular flexibility index (Phi) is 4.50. The van der Waals surface area contributed by atoms with Gasteiger partial charge in [0.1, 0.15) is 0 Å². The molecular weight excluding hydrogens is 192 g/mol. The number of hydrogen-bond donors (Lipinski definition) is 2. The minimum atomic E-state index is -0.0938. The summed E-state index contributed by atoms with van der Waals surface area (Å²) < 4.78 is 0. The first kappa shape index (κ1) is 12.4. The highest BCUT2D eigenvalue weighted by molar-refractivity contribution is 5.81. The molecule has 0 aromatic carbocycles. The molecule has 1 amide bonds. The van der Waals surface area contributed by atoms with E-state index in [0.29, 0.717) is 0 Å². The van der Waals surface area contributed by atoms with Gasteiger partial charge < -0.3 is 4.90 Å². The van der Waals surface area contributed by atoms with Crippen LogP contribution >= 0.6 is 0 Å². The maximum Gasteiger partial charge on any atom is 0.251 e. The number of rotatable bonds is 3. The van der Waals surface area contributed by atoms with Gasteiger partial charge in [0, 0.05) is 26.2 Å². The molecule has 0 radical (unpaired) electrons. The summed E-state index contributed by atoms with van der Waals surface area (Å²) >= 11 is 0. The zero-order valence-corrected chi connectivity index (χ0v) is 9.86. The first-order valence-electron chi connectivity index (χ1n) is 5.49. The lowest BCUT2D eigenvalue weighted by Gasteiger charge is -2.38. The van der Waals surface area contributed by atoms with Crippen LogP contribution in [-0.4, -0.2) is 55.0 Å². The van der Waals surface area contributed by atoms with E-state index in [2.05, 4.69) is 36.1 Å². The van der Waals surface area contributed by atoms with E-state index in [1.54, 1.807) is 0 Å². The molecule has 1 heterocycles. The smallest absolute Gasteiger partial charge is 0.251 e. The Hall–Kier alpha value is -0.650. The number of hydrogen-bond acceptors (Lipinski definition) is 4. The van der Waals surface area contributed by atoms with E-state index in [9.17, 15) is 4.79 Å². The SMILES string of the molecule is CC(C)[C@@H](C(=O)NN)N1CCN(C)CC1. The van der Waals surface area contributed by atoms with E-state index in [1.165, 1.54) is 0 Å².